The molecule has 0 bridgehead atoms. The Bertz CT molecular complexity index is 540. The number of hydrogen-bond acceptors (Lipinski definition) is 4. The lowest BCUT2D eigenvalue weighted by atomic mass is 9.92. The third-order valence-electron chi connectivity index (χ3n) is 3.40. The molecule has 0 aliphatic carbocycles. The lowest BCUT2D eigenvalue weighted by Gasteiger charge is -2.34. The molecule has 0 aromatic carbocycles. The standard InChI is InChI=1S/C15H19N3O2/c1-15(5-9-20-10-6-15)18-14(19)13-4-8-17-11-12(13)3-2-7-16/h4,8,11H,5-7,9-10,16H2,1H3,(H,18,19). The van der Waals surface area contributed by atoms with Gasteiger partial charge in [-0.3, -0.25) is 9.78 Å². The van der Waals surface area contributed by atoms with Gasteiger partial charge in [0.05, 0.1) is 17.7 Å². The topological polar surface area (TPSA) is 77.2 Å². The number of hydrogen-bond donors (Lipinski definition) is 2. The predicted molar refractivity (Wildman–Crippen MR) is 76.1 cm³/mol. The number of aromatic nitrogens is 1. The van der Waals surface area contributed by atoms with Gasteiger partial charge in [0.1, 0.15) is 0 Å². The fourth-order valence-corrected chi connectivity index (χ4v) is 2.13. The van der Waals surface area contributed by atoms with Crippen LogP contribution < -0.4 is 11.1 Å². The summed E-state index contributed by atoms with van der Waals surface area (Å²) in [6.07, 6.45) is 4.81. The number of pyridine rings is 1. The van der Waals surface area contributed by atoms with Crippen molar-refractivity contribution < 1.29 is 9.53 Å². The number of nitrogens with one attached hydrogen (secondary N) is 1. The molecule has 5 heteroatoms. The maximum absolute atomic E-state index is 12.4. The monoisotopic (exact) mass is 273 g/mol. The second-order valence-corrected chi connectivity index (χ2v) is 5.05. The van der Waals surface area contributed by atoms with E-state index in [4.69, 9.17) is 10.5 Å². The molecular weight excluding hydrogens is 254 g/mol. The summed E-state index contributed by atoms with van der Waals surface area (Å²) in [4.78, 5) is 16.4. The van der Waals surface area contributed by atoms with E-state index >= 15 is 0 Å². The minimum atomic E-state index is -0.225. The minimum Gasteiger partial charge on any atom is -0.381 e. The van der Waals surface area contributed by atoms with E-state index < -0.39 is 0 Å². The molecule has 1 amide bonds. The summed E-state index contributed by atoms with van der Waals surface area (Å²) in [7, 11) is 0. The number of amides is 1. The normalized spacial score (nSPS) is 16.9. The van der Waals surface area contributed by atoms with Gasteiger partial charge in [0.25, 0.3) is 5.91 Å². The highest BCUT2D eigenvalue weighted by Gasteiger charge is 2.29. The predicted octanol–water partition coefficient (Wildman–Crippen LogP) is 0.691. The van der Waals surface area contributed by atoms with Crippen molar-refractivity contribution in [1.29, 1.82) is 0 Å². The molecule has 0 radical (unpaired) electrons. The molecular formula is C15H19N3O2. The summed E-state index contributed by atoms with van der Waals surface area (Å²) < 4.78 is 5.33. The van der Waals surface area contributed by atoms with Gasteiger partial charge in [0.2, 0.25) is 0 Å². The van der Waals surface area contributed by atoms with E-state index in [1.54, 1.807) is 18.5 Å². The van der Waals surface area contributed by atoms with E-state index in [1.807, 2.05) is 6.92 Å². The zero-order valence-electron chi connectivity index (χ0n) is 11.6. The first-order valence-corrected chi connectivity index (χ1v) is 6.68. The summed E-state index contributed by atoms with van der Waals surface area (Å²) in [5.74, 6) is 5.50. The Morgan fingerprint density at radius 2 is 2.30 bits per heavy atom. The minimum absolute atomic E-state index is 0.127. The first kappa shape index (κ1) is 14.5. The molecule has 2 rings (SSSR count). The summed E-state index contributed by atoms with van der Waals surface area (Å²) >= 11 is 0. The molecule has 1 saturated heterocycles. The smallest absolute Gasteiger partial charge is 0.253 e. The van der Waals surface area contributed by atoms with E-state index in [-0.39, 0.29) is 18.0 Å². The molecule has 1 aliphatic rings. The number of carbonyl (C=O) groups is 1. The van der Waals surface area contributed by atoms with Crippen LogP contribution in [-0.4, -0.2) is 36.2 Å². The summed E-state index contributed by atoms with van der Waals surface area (Å²) in [5.41, 5.74) is 6.28. The molecule has 20 heavy (non-hydrogen) atoms. The maximum atomic E-state index is 12.4. The van der Waals surface area contributed by atoms with Crippen LogP contribution >= 0.6 is 0 Å². The molecule has 1 aromatic heterocycles. The zero-order valence-corrected chi connectivity index (χ0v) is 11.6. The van der Waals surface area contributed by atoms with Crippen molar-refractivity contribution in [2.45, 2.75) is 25.3 Å². The fraction of sp³-hybridized carbons (Fsp3) is 0.467. The highest BCUT2D eigenvalue weighted by molar-refractivity contribution is 5.97. The van der Waals surface area contributed by atoms with E-state index in [0.29, 0.717) is 24.3 Å². The van der Waals surface area contributed by atoms with Gasteiger partial charge >= 0.3 is 0 Å². The Morgan fingerprint density at radius 1 is 1.55 bits per heavy atom. The summed E-state index contributed by atoms with van der Waals surface area (Å²) in [5, 5.41) is 3.08. The highest BCUT2D eigenvalue weighted by atomic mass is 16.5. The van der Waals surface area contributed by atoms with Gasteiger partial charge in [0.15, 0.2) is 0 Å². The first-order chi connectivity index (χ1) is 9.64. The third-order valence-corrected chi connectivity index (χ3v) is 3.40. The van der Waals surface area contributed by atoms with Crippen molar-refractivity contribution in [1.82, 2.24) is 10.3 Å². The molecule has 2 heterocycles. The molecule has 0 saturated carbocycles. The van der Waals surface area contributed by atoms with Gasteiger partial charge in [-0.1, -0.05) is 11.8 Å². The van der Waals surface area contributed by atoms with Gasteiger partial charge in [0, 0.05) is 31.1 Å². The Balaban J connectivity index is 2.16. The van der Waals surface area contributed by atoms with Crippen molar-refractivity contribution in [3.63, 3.8) is 0 Å². The third kappa shape index (κ3) is 3.56. The Hall–Kier alpha value is -1.90. The van der Waals surface area contributed by atoms with Crippen molar-refractivity contribution in [2.75, 3.05) is 19.8 Å². The molecule has 0 spiro atoms. The van der Waals surface area contributed by atoms with Crippen LogP contribution in [0, 0.1) is 11.8 Å². The highest BCUT2D eigenvalue weighted by Crippen LogP contribution is 2.20. The van der Waals surface area contributed by atoms with Crippen molar-refractivity contribution in [3.05, 3.63) is 29.6 Å². The summed E-state index contributed by atoms with van der Waals surface area (Å²) in [6.45, 7) is 3.64. The quantitative estimate of drug-likeness (QED) is 0.777. The number of rotatable bonds is 2. The molecule has 1 aliphatic heterocycles. The fourth-order valence-electron chi connectivity index (χ4n) is 2.13. The van der Waals surface area contributed by atoms with Crippen LogP contribution in [0.15, 0.2) is 18.5 Å². The largest absolute Gasteiger partial charge is 0.381 e. The molecule has 1 fully saturated rings. The van der Waals surface area contributed by atoms with Gasteiger partial charge in [-0.05, 0) is 25.8 Å². The van der Waals surface area contributed by atoms with E-state index in [1.165, 1.54) is 0 Å². The van der Waals surface area contributed by atoms with Gasteiger partial charge < -0.3 is 15.8 Å². The zero-order chi connectivity index (χ0) is 14.4. The molecule has 5 nitrogen and oxygen atoms in total. The van der Waals surface area contributed by atoms with Crippen molar-refractivity contribution in [2.24, 2.45) is 5.73 Å². The van der Waals surface area contributed by atoms with Crippen LogP contribution in [0.4, 0.5) is 0 Å². The van der Waals surface area contributed by atoms with E-state index in [9.17, 15) is 4.79 Å². The first-order valence-electron chi connectivity index (χ1n) is 6.68. The second-order valence-electron chi connectivity index (χ2n) is 5.05. The van der Waals surface area contributed by atoms with E-state index in [0.717, 1.165) is 12.8 Å². The van der Waals surface area contributed by atoms with Crippen LogP contribution in [0.2, 0.25) is 0 Å². The van der Waals surface area contributed by atoms with Crippen LogP contribution in [0.3, 0.4) is 0 Å². The Morgan fingerprint density at radius 3 is 3.00 bits per heavy atom. The Kier molecular flexibility index (Phi) is 4.72. The molecule has 0 atom stereocenters. The van der Waals surface area contributed by atoms with Crippen molar-refractivity contribution in [3.8, 4) is 11.8 Å². The molecule has 1 aromatic rings. The van der Waals surface area contributed by atoms with Gasteiger partial charge in [-0.25, -0.2) is 0 Å². The number of ether oxygens (including phenoxy) is 1. The summed E-state index contributed by atoms with van der Waals surface area (Å²) in [6, 6.07) is 1.68. The molecule has 3 N–H and O–H groups in total. The average molecular weight is 273 g/mol. The molecule has 106 valence electrons. The lowest BCUT2D eigenvalue weighted by Crippen LogP contribution is -2.49. The lowest BCUT2D eigenvalue weighted by molar-refractivity contribution is 0.0423. The Labute approximate surface area is 118 Å². The number of nitrogens with two attached hydrogens (primary N) is 1. The van der Waals surface area contributed by atoms with E-state index in [2.05, 4.69) is 22.1 Å². The van der Waals surface area contributed by atoms with Gasteiger partial charge in [-0.2, -0.15) is 0 Å². The van der Waals surface area contributed by atoms with Crippen molar-refractivity contribution >= 4 is 5.91 Å². The van der Waals surface area contributed by atoms with Crippen LogP contribution in [-0.2, 0) is 4.74 Å². The van der Waals surface area contributed by atoms with Crippen LogP contribution in [0.5, 0.6) is 0 Å². The number of nitrogens with zero attached hydrogens (tertiary/aromatic N) is 1. The second kappa shape index (κ2) is 6.51. The number of carbonyl (C=O) groups excluding carboxylic acids is 1. The maximum Gasteiger partial charge on any atom is 0.253 e. The van der Waals surface area contributed by atoms with Crippen LogP contribution in [0.1, 0.15) is 35.7 Å². The van der Waals surface area contributed by atoms with Crippen LogP contribution in [0.25, 0.3) is 0 Å². The molecule has 0 unspecified atom stereocenters. The SMILES string of the molecule is CC1(NC(=O)c2ccncc2C#CCN)CCOCC1. The van der Waals surface area contributed by atoms with Gasteiger partial charge in [-0.15, -0.1) is 0 Å². The average Bonchev–Trinajstić information content (AvgIpc) is 2.45.